The zero-order valence-corrected chi connectivity index (χ0v) is 18.7. The minimum Gasteiger partial charge on any atom is -0.493 e. The van der Waals surface area contributed by atoms with Gasteiger partial charge >= 0.3 is 5.97 Å². The Hall–Kier alpha value is -2.99. The van der Waals surface area contributed by atoms with Crippen molar-refractivity contribution < 1.29 is 19.4 Å². The predicted molar refractivity (Wildman–Crippen MR) is 122 cm³/mol. The van der Waals surface area contributed by atoms with Gasteiger partial charge in [0, 0.05) is 12.2 Å². The van der Waals surface area contributed by atoms with E-state index in [2.05, 4.69) is 40.3 Å². The molecule has 6 heteroatoms. The Kier molecular flexibility index (Phi) is 7.00. The van der Waals surface area contributed by atoms with Gasteiger partial charge in [0.25, 0.3) is 0 Å². The number of aromatic carboxylic acids is 1. The highest BCUT2D eigenvalue weighted by Crippen LogP contribution is 2.37. The molecule has 0 amide bonds. The average Bonchev–Trinajstić information content (AvgIpc) is 2.73. The summed E-state index contributed by atoms with van der Waals surface area (Å²) in [6.45, 7) is 4.94. The number of ether oxygens (including phenoxy) is 2. The lowest BCUT2D eigenvalue weighted by Crippen LogP contribution is -2.05. The third-order valence-electron chi connectivity index (χ3n) is 4.76. The highest BCUT2D eigenvalue weighted by atomic mass is 79.9. The first-order chi connectivity index (χ1) is 14.4. The van der Waals surface area contributed by atoms with Gasteiger partial charge in [-0.15, -0.1) is 0 Å². The quantitative estimate of drug-likeness (QED) is 0.425. The average molecular weight is 470 g/mol. The molecule has 2 N–H and O–H groups in total. The first kappa shape index (κ1) is 21.7. The van der Waals surface area contributed by atoms with Gasteiger partial charge in [0.2, 0.25) is 0 Å². The van der Waals surface area contributed by atoms with Crippen molar-refractivity contribution in [3.05, 3.63) is 86.9 Å². The Labute approximate surface area is 184 Å². The normalized spacial score (nSPS) is 10.5. The largest absolute Gasteiger partial charge is 0.493 e. The van der Waals surface area contributed by atoms with Crippen LogP contribution in [-0.2, 0) is 13.2 Å². The molecule has 0 fully saturated rings. The molecule has 156 valence electrons. The van der Waals surface area contributed by atoms with Crippen molar-refractivity contribution >= 4 is 27.6 Å². The van der Waals surface area contributed by atoms with E-state index in [0.29, 0.717) is 24.7 Å². The molecule has 0 aliphatic rings. The van der Waals surface area contributed by atoms with Crippen molar-refractivity contribution in [2.75, 3.05) is 12.4 Å². The summed E-state index contributed by atoms with van der Waals surface area (Å²) < 4.78 is 12.3. The molecule has 0 saturated carbocycles. The van der Waals surface area contributed by atoms with E-state index < -0.39 is 5.97 Å². The molecular formula is C24H24BrNO4. The number of hydrogen-bond acceptors (Lipinski definition) is 4. The van der Waals surface area contributed by atoms with Crippen molar-refractivity contribution in [2.45, 2.75) is 27.0 Å². The molecule has 3 aromatic carbocycles. The van der Waals surface area contributed by atoms with Crippen LogP contribution >= 0.6 is 15.9 Å². The van der Waals surface area contributed by atoms with E-state index in [1.54, 1.807) is 25.3 Å². The standard InChI is InChI=1S/C24H24BrNO4/c1-15-4-7-17(8-5-15)14-30-23-20(25)10-18(11-22(23)29-3)13-26-21-12-19(24(27)28)9-6-16(21)2/h4-12,26H,13-14H2,1-3H3,(H,27,28). The second-order valence-electron chi connectivity index (χ2n) is 7.07. The van der Waals surface area contributed by atoms with Gasteiger partial charge in [0.15, 0.2) is 11.5 Å². The summed E-state index contributed by atoms with van der Waals surface area (Å²) in [5, 5.41) is 12.5. The minimum atomic E-state index is -0.947. The number of halogens is 1. The third kappa shape index (κ3) is 5.33. The van der Waals surface area contributed by atoms with Crippen LogP contribution in [-0.4, -0.2) is 18.2 Å². The zero-order chi connectivity index (χ0) is 21.7. The molecule has 0 heterocycles. The van der Waals surface area contributed by atoms with Gasteiger partial charge < -0.3 is 19.9 Å². The molecule has 0 unspecified atom stereocenters. The molecule has 0 radical (unpaired) electrons. The molecule has 0 atom stereocenters. The van der Waals surface area contributed by atoms with Crippen LogP contribution in [0.3, 0.4) is 0 Å². The maximum absolute atomic E-state index is 11.2. The summed E-state index contributed by atoms with van der Waals surface area (Å²) in [6.07, 6.45) is 0. The summed E-state index contributed by atoms with van der Waals surface area (Å²) in [6, 6.07) is 17.1. The SMILES string of the molecule is COc1cc(CNc2cc(C(=O)O)ccc2C)cc(Br)c1OCc1ccc(C)cc1. The van der Waals surface area contributed by atoms with Crippen LogP contribution in [0.5, 0.6) is 11.5 Å². The maximum atomic E-state index is 11.2. The lowest BCUT2D eigenvalue weighted by Gasteiger charge is -2.16. The Bertz CT molecular complexity index is 1050. The number of aryl methyl sites for hydroxylation is 2. The predicted octanol–water partition coefficient (Wildman–Crippen LogP) is 5.96. The summed E-state index contributed by atoms with van der Waals surface area (Å²) >= 11 is 3.58. The molecule has 0 spiro atoms. The molecule has 5 nitrogen and oxygen atoms in total. The van der Waals surface area contributed by atoms with Crippen LogP contribution in [0, 0.1) is 13.8 Å². The number of anilines is 1. The molecule has 0 aliphatic heterocycles. The van der Waals surface area contributed by atoms with Gasteiger partial charge in [-0.05, 0) is 70.7 Å². The molecular weight excluding hydrogens is 446 g/mol. The van der Waals surface area contributed by atoms with Gasteiger partial charge in [-0.1, -0.05) is 35.9 Å². The first-order valence-corrected chi connectivity index (χ1v) is 10.3. The molecule has 0 bridgehead atoms. The van der Waals surface area contributed by atoms with E-state index in [1.165, 1.54) is 5.56 Å². The maximum Gasteiger partial charge on any atom is 0.335 e. The fraction of sp³-hybridized carbons (Fsp3) is 0.208. The number of carboxylic acid groups (broad SMARTS) is 1. The zero-order valence-electron chi connectivity index (χ0n) is 17.2. The van der Waals surface area contributed by atoms with E-state index in [0.717, 1.165) is 26.9 Å². The van der Waals surface area contributed by atoms with E-state index in [4.69, 9.17) is 9.47 Å². The Morgan fingerprint density at radius 2 is 1.77 bits per heavy atom. The van der Waals surface area contributed by atoms with Crippen molar-refractivity contribution in [3.8, 4) is 11.5 Å². The molecule has 0 aromatic heterocycles. The number of carboxylic acids is 1. The number of carbonyl (C=O) groups is 1. The van der Waals surface area contributed by atoms with Gasteiger partial charge in [-0.2, -0.15) is 0 Å². The second kappa shape index (κ2) is 9.67. The van der Waals surface area contributed by atoms with E-state index >= 15 is 0 Å². The fourth-order valence-electron chi connectivity index (χ4n) is 3.00. The minimum absolute atomic E-state index is 0.252. The Balaban J connectivity index is 1.74. The molecule has 3 aromatic rings. The fourth-order valence-corrected chi connectivity index (χ4v) is 3.60. The Morgan fingerprint density at radius 3 is 2.43 bits per heavy atom. The summed E-state index contributed by atoms with van der Waals surface area (Å²) in [5.41, 5.74) is 5.27. The van der Waals surface area contributed by atoms with Crippen LogP contribution in [0.4, 0.5) is 5.69 Å². The highest BCUT2D eigenvalue weighted by Gasteiger charge is 2.13. The van der Waals surface area contributed by atoms with E-state index in [-0.39, 0.29) is 5.56 Å². The van der Waals surface area contributed by atoms with Crippen LogP contribution in [0.1, 0.15) is 32.6 Å². The lowest BCUT2D eigenvalue weighted by molar-refractivity contribution is 0.0697. The summed E-state index contributed by atoms with van der Waals surface area (Å²) in [5.74, 6) is 0.327. The number of nitrogens with one attached hydrogen (secondary N) is 1. The van der Waals surface area contributed by atoms with Crippen molar-refractivity contribution in [1.82, 2.24) is 0 Å². The molecule has 30 heavy (non-hydrogen) atoms. The van der Waals surface area contributed by atoms with E-state index in [9.17, 15) is 9.90 Å². The third-order valence-corrected chi connectivity index (χ3v) is 5.35. The van der Waals surface area contributed by atoms with Crippen molar-refractivity contribution in [2.24, 2.45) is 0 Å². The summed E-state index contributed by atoms with van der Waals surface area (Å²) in [7, 11) is 1.61. The molecule has 3 rings (SSSR count). The van der Waals surface area contributed by atoms with Crippen LogP contribution in [0.25, 0.3) is 0 Å². The number of hydrogen-bond donors (Lipinski definition) is 2. The van der Waals surface area contributed by atoms with E-state index in [1.807, 2.05) is 31.2 Å². The topological polar surface area (TPSA) is 67.8 Å². The highest BCUT2D eigenvalue weighted by molar-refractivity contribution is 9.10. The van der Waals surface area contributed by atoms with Gasteiger partial charge in [0.1, 0.15) is 6.61 Å². The van der Waals surface area contributed by atoms with Gasteiger partial charge in [-0.25, -0.2) is 4.79 Å². The lowest BCUT2D eigenvalue weighted by atomic mass is 10.1. The Morgan fingerprint density at radius 1 is 1.03 bits per heavy atom. The van der Waals surface area contributed by atoms with Crippen molar-refractivity contribution in [1.29, 1.82) is 0 Å². The van der Waals surface area contributed by atoms with Crippen LogP contribution < -0.4 is 14.8 Å². The smallest absolute Gasteiger partial charge is 0.335 e. The number of rotatable bonds is 8. The number of methoxy groups -OCH3 is 1. The van der Waals surface area contributed by atoms with Crippen LogP contribution in [0.2, 0.25) is 0 Å². The summed E-state index contributed by atoms with van der Waals surface area (Å²) in [4.78, 5) is 11.2. The van der Waals surface area contributed by atoms with Crippen molar-refractivity contribution in [3.63, 3.8) is 0 Å². The number of benzene rings is 3. The monoisotopic (exact) mass is 469 g/mol. The first-order valence-electron chi connectivity index (χ1n) is 9.50. The molecule has 0 saturated heterocycles. The molecule has 0 aliphatic carbocycles. The van der Waals surface area contributed by atoms with Gasteiger partial charge in [0.05, 0.1) is 17.1 Å². The second-order valence-corrected chi connectivity index (χ2v) is 7.93. The van der Waals surface area contributed by atoms with Crippen LogP contribution in [0.15, 0.2) is 59.1 Å². The van der Waals surface area contributed by atoms with Gasteiger partial charge in [-0.3, -0.25) is 0 Å².